The molecular weight excluding hydrogens is 483 g/mol. The number of para-hydroxylation sites is 2. The Morgan fingerprint density at radius 1 is 0.943 bits per heavy atom. The summed E-state index contributed by atoms with van der Waals surface area (Å²) >= 11 is 12.3. The van der Waals surface area contributed by atoms with Crippen LogP contribution in [0.5, 0.6) is 0 Å². The zero-order chi connectivity index (χ0) is 25.1. The van der Waals surface area contributed by atoms with Crippen LogP contribution in [-0.4, -0.2) is 52.4 Å². The van der Waals surface area contributed by atoms with Gasteiger partial charge in [-0.15, -0.1) is 0 Å². The molecule has 1 heterocycles. The molecule has 8 heteroatoms. The van der Waals surface area contributed by atoms with Crippen molar-refractivity contribution < 1.29 is 4.79 Å². The van der Waals surface area contributed by atoms with Crippen molar-refractivity contribution in [2.24, 2.45) is 0 Å². The van der Waals surface area contributed by atoms with Gasteiger partial charge in [-0.25, -0.2) is 4.98 Å². The SMILES string of the molecule is CC(c1nc2ccccc2c(=O)n1-c1ccccc1)N(CCN(C)C)C(=O)c1ccc(Cl)c(Cl)c1. The molecule has 4 rings (SSSR count). The number of hydrogen-bond acceptors (Lipinski definition) is 4. The highest BCUT2D eigenvalue weighted by Gasteiger charge is 2.28. The van der Waals surface area contributed by atoms with Gasteiger partial charge in [0.2, 0.25) is 0 Å². The minimum atomic E-state index is -0.519. The van der Waals surface area contributed by atoms with Gasteiger partial charge in [-0.2, -0.15) is 0 Å². The monoisotopic (exact) mass is 508 g/mol. The standard InChI is InChI=1S/C27H26Cl2N4O2/c1-18(32(16-15-31(2)3)26(34)19-13-14-22(28)23(29)17-19)25-30-24-12-8-7-11-21(24)27(35)33(25)20-9-5-4-6-10-20/h4-14,17-18H,15-16H2,1-3H3. The summed E-state index contributed by atoms with van der Waals surface area (Å²) in [6, 6.07) is 20.9. The maximum Gasteiger partial charge on any atom is 0.266 e. The van der Waals surface area contributed by atoms with Crippen LogP contribution in [0.1, 0.15) is 29.1 Å². The molecule has 0 radical (unpaired) electrons. The lowest BCUT2D eigenvalue weighted by Crippen LogP contribution is -2.41. The summed E-state index contributed by atoms with van der Waals surface area (Å²) in [5, 5.41) is 1.20. The first kappa shape index (κ1) is 24.9. The Morgan fingerprint density at radius 3 is 2.31 bits per heavy atom. The number of nitrogens with zero attached hydrogens (tertiary/aromatic N) is 4. The highest BCUT2D eigenvalue weighted by molar-refractivity contribution is 6.42. The largest absolute Gasteiger partial charge is 0.327 e. The van der Waals surface area contributed by atoms with Crippen molar-refractivity contribution in [3.63, 3.8) is 0 Å². The zero-order valence-corrected chi connectivity index (χ0v) is 21.3. The number of aromatic nitrogens is 2. The van der Waals surface area contributed by atoms with Gasteiger partial charge in [0.05, 0.1) is 32.7 Å². The topological polar surface area (TPSA) is 58.4 Å². The highest BCUT2D eigenvalue weighted by atomic mass is 35.5. The Hall–Kier alpha value is -3.19. The molecule has 35 heavy (non-hydrogen) atoms. The zero-order valence-electron chi connectivity index (χ0n) is 19.8. The van der Waals surface area contributed by atoms with Crippen LogP contribution in [0.15, 0.2) is 77.6 Å². The number of amides is 1. The molecule has 1 atom stereocenters. The van der Waals surface area contributed by atoms with E-state index in [1.807, 2.05) is 74.4 Å². The molecule has 0 fully saturated rings. The third-order valence-electron chi connectivity index (χ3n) is 5.87. The number of benzene rings is 3. The predicted molar refractivity (Wildman–Crippen MR) is 142 cm³/mol. The normalized spacial score (nSPS) is 12.2. The van der Waals surface area contributed by atoms with E-state index in [9.17, 15) is 9.59 Å². The third-order valence-corrected chi connectivity index (χ3v) is 6.61. The van der Waals surface area contributed by atoms with E-state index in [0.717, 1.165) is 0 Å². The number of carbonyl (C=O) groups is 1. The molecule has 0 N–H and O–H groups in total. The number of rotatable bonds is 7. The fourth-order valence-electron chi connectivity index (χ4n) is 3.97. The van der Waals surface area contributed by atoms with Gasteiger partial charge in [0.15, 0.2) is 0 Å². The Bertz CT molecular complexity index is 1420. The Kier molecular flexibility index (Phi) is 7.55. The van der Waals surface area contributed by atoms with Crippen LogP contribution in [0.25, 0.3) is 16.6 Å². The lowest BCUT2D eigenvalue weighted by atomic mass is 10.1. The second-order valence-electron chi connectivity index (χ2n) is 8.57. The molecule has 0 bridgehead atoms. The van der Waals surface area contributed by atoms with Crippen molar-refractivity contribution in [2.45, 2.75) is 13.0 Å². The number of likely N-dealkylation sites (N-methyl/N-ethyl adjacent to an activating group) is 1. The summed E-state index contributed by atoms with van der Waals surface area (Å²) < 4.78 is 1.60. The number of halogens is 2. The molecule has 1 unspecified atom stereocenters. The van der Waals surface area contributed by atoms with Gasteiger partial charge in [-0.1, -0.05) is 53.5 Å². The van der Waals surface area contributed by atoms with Crippen LogP contribution < -0.4 is 5.56 Å². The fourth-order valence-corrected chi connectivity index (χ4v) is 4.27. The van der Waals surface area contributed by atoms with E-state index in [-0.39, 0.29) is 11.5 Å². The lowest BCUT2D eigenvalue weighted by molar-refractivity contribution is 0.0667. The molecule has 0 aliphatic carbocycles. The van der Waals surface area contributed by atoms with Crippen LogP contribution in [0.2, 0.25) is 10.0 Å². The molecule has 0 aliphatic heterocycles. The van der Waals surface area contributed by atoms with Gasteiger partial charge < -0.3 is 9.80 Å². The first-order valence-corrected chi connectivity index (χ1v) is 12.0. The summed E-state index contributed by atoms with van der Waals surface area (Å²) in [7, 11) is 3.89. The average molecular weight is 509 g/mol. The van der Waals surface area contributed by atoms with Crippen LogP contribution in [-0.2, 0) is 0 Å². The van der Waals surface area contributed by atoms with Crippen LogP contribution in [0.4, 0.5) is 0 Å². The molecule has 1 amide bonds. The van der Waals surface area contributed by atoms with Gasteiger partial charge in [-0.05, 0) is 63.5 Å². The van der Waals surface area contributed by atoms with Crippen molar-refractivity contribution in [1.29, 1.82) is 0 Å². The van der Waals surface area contributed by atoms with Crippen molar-refractivity contribution in [2.75, 3.05) is 27.2 Å². The van der Waals surface area contributed by atoms with E-state index in [1.54, 1.807) is 33.7 Å². The lowest BCUT2D eigenvalue weighted by Gasteiger charge is -2.31. The molecule has 180 valence electrons. The second-order valence-corrected chi connectivity index (χ2v) is 9.38. The molecule has 0 saturated carbocycles. The fraction of sp³-hybridized carbons (Fsp3) is 0.222. The quantitative estimate of drug-likeness (QED) is 0.332. The van der Waals surface area contributed by atoms with Crippen molar-refractivity contribution in [3.05, 3.63) is 105 Å². The van der Waals surface area contributed by atoms with E-state index in [1.165, 1.54) is 0 Å². The minimum Gasteiger partial charge on any atom is -0.327 e. The molecule has 0 aliphatic rings. The van der Waals surface area contributed by atoms with Gasteiger partial charge in [0.1, 0.15) is 5.82 Å². The number of hydrogen-bond donors (Lipinski definition) is 0. The van der Waals surface area contributed by atoms with Crippen molar-refractivity contribution in [1.82, 2.24) is 19.4 Å². The van der Waals surface area contributed by atoms with Gasteiger partial charge in [0, 0.05) is 18.7 Å². The van der Waals surface area contributed by atoms with Crippen molar-refractivity contribution in [3.8, 4) is 5.69 Å². The number of fused-ring (bicyclic) bond motifs is 1. The van der Waals surface area contributed by atoms with Gasteiger partial charge in [0.25, 0.3) is 11.5 Å². The summed E-state index contributed by atoms with van der Waals surface area (Å²) in [6.07, 6.45) is 0. The van der Waals surface area contributed by atoms with E-state index < -0.39 is 6.04 Å². The summed E-state index contributed by atoms with van der Waals surface area (Å²) in [5.74, 6) is 0.256. The number of carbonyl (C=O) groups excluding carboxylic acids is 1. The van der Waals surface area contributed by atoms with Crippen molar-refractivity contribution >= 4 is 40.0 Å². The van der Waals surface area contributed by atoms with Gasteiger partial charge >= 0.3 is 0 Å². The third kappa shape index (κ3) is 5.25. The average Bonchev–Trinajstić information content (AvgIpc) is 2.85. The Morgan fingerprint density at radius 2 is 1.63 bits per heavy atom. The van der Waals surface area contributed by atoms with Crippen LogP contribution in [0.3, 0.4) is 0 Å². The van der Waals surface area contributed by atoms with Gasteiger partial charge in [-0.3, -0.25) is 14.2 Å². The van der Waals surface area contributed by atoms with E-state index in [2.05, 4.69) is 0 Å². The maximum absolute atomic E-state index is 13.7. The maximum atomic E-state index is 13.7. The van der Waals surface area contributed by atoms with Crippen LogP contribution >= 0.6 is 23.2 Å². The van der Waals surface area contributed by atoms with E-state index in [4.69, 9.17) is 28.2 Å². The van der Waals surface area contributed by atoms with Crippen LogP contribution in [0, 0.1) is 0 Å². The minimum absolute atomic E-state index is 0.182. The second kappa shape index (κ2) is 10.6. The molecule has 4 aromatic rings. The summed E-state index contributed by atoms with van der Waals surface area (Å²) in [6.45, 7) is 2.94. The molecule has 3 aromatic carbocycles. The molecular formula is C27H26Cl2N4O2. The highest BCUT2D eigenvalue weighted by Crippen LogP contribution is 2.27. The van der Waals surface area contributed by atoms with E-state index >= 15 is 0 Å². The Labute approximate surface area is 214 Å². The van der Waals surface area contributed by atoms with E-state index in [0.29, 0.717) is 51.1 Å². The molecule has 0 saturated heterocycles. The summed E-state index contributed by atoms with van der Waals surface area (Å²) in [5.41, 5.74) is 1.51. The molecule has 0 spiro atoms. The Balaban J connectivity index is 1.88. The first-order valence-electron chi connectivity index (χ1n) is 11.3. The molecule has 6 nitrogen and oxygen atoms in total. The predicted octanol–water partition coefficient (Wildman–Crippen LogP) is 5.46. The smallest absolute Gasteiger partial charge is 0.266 e. The molecule has 1 aromatic heterocycles. The first-order chi connectivity index (χ1) is 16.8. The summed E-state index contributed by atoms with van der Waals surface area (Å²) in [4.78, 5) is 36.0.